The Labute approximate surface area is 208 Å². The number of aromatic nitrogens is 2. The van der Waals surface area contributed by atoms with E-state index in [9.17, 15) is 22.4 Å². The number of anilines is 1. The molecule has 3 rings (SSSR count). The fourth-order valence-corrected chi connectivity index (χ4v) is 3.05. The summed E-state index contributed by atoms with van der Waals surface area (Å²) >= 11 is 0. The van der Waals surface area contributed by atoms with Crippen molar-refractivity contribution >= 4 is 23.3 Å². The summed E-state index contributed by atoms with van der Waals surface area (Å²) in [5.74, 6) is 4.12. The third-order valence-corrected chi connectivity index (χ3v) is 4.47. The molecular weight excluding hydrogens is 476 g/mol. The summed E-state index contributed by atoms with van der Waals surface area (Å²) in [6, 6.07) is 3.90. The van der Waals surface area contributed by atoms with E-state index < -0.39 is 24.3 Å². The van der Waals surface area contributed by atoms with Crippen LogP contribution in [0.15, 0.2) is 37.2 Å². The van der Waals surface area contributed by atoms with E-state index in [1.165, 1.54) is 36.0 Å². The Morgan fingerprint density at radius 2 is 1.92 bits per heavy atom. The number of nitrogens with two attached hydrogens (primary N) is 1. The Kier molecular flexibility index (Phi) is 11.5. The summed E-state index contributed by atoms with van der Waals surface area (Å²) in [5, 5.41) is 2.87. The minimum atomic E-state index is -4.38. The highest BCUT2D eigenvalue weighted by Crippen LogP contribution is 2.28. The lowest BCUT2D eigenvalue weighted by atomic mass is 10.1. The van der Waals surface area contributed by atoms with Gasteiger partial charge in [-0.3, -0.25) is 4.79 Å². The Morgan fingerprint density at radius 3 is 2.47 bits per heavy atom. The minimum Gasteiger partial charge on any atom is -0.495 e. The van der Waals surface area contributed by atoms with Gasteiger partial charge in [0.15, 0.2) is 0 Å². The number of benzene rings is 1. The van der Waals surface area contributed by atoms with Crippen molar-refractivity contribution in [3.63, 3.8) is 0 Å². The van der Waals surface area contributed by atoms with Gasteiger partial charge < -0.3 is 20.2 Å². The number of hydrogen-bond acceptors (Lipinski definition) is 4. The SMILES string of the molecule is C=Cc1cc(C#CCNc2cc(F)c(C(N)=O)cc2OC)cn2c(CC(F)(F)F)cnc12.CC.CC. The van der Waals surface area contributed by atoms with Gasteiger partial charge in [0.25, 0.3) is 5.91 Å². The number of carbonyl (C=O) groups excluding carboxylic acids is 1. The molecule has 1 amide bonds. The van der Waals surface area contributed by atoms with E-state index in [4.69, 9.17) is 10.5 Å². The average Bonchev–Trinajstić information content (AvgIpc) is 3.24. The largest absolute Gasteiger partial charge is 0.495 e. The first-order chi connectivity index (χ1) is 17.1. The summed E-state index contributed by atoms with van der Waals surface area (Å²) < 4.78 is 59.0. The molecule has 3 N–H and O–H groups in total. The van der Waals surface area contributed by atoms with Crippen LogP contribution in [0.5, 0.6) is 5.75 Å². The normalized spacial score (nSPS) is 10.1. The highest BCUT2D eigenvalue weighted by Gasteiger charge is 2.29. The van der Waals surface area contributed by atoms with Gasteiger partial charge in [0.05, 0.1) is 37.0 Å². The van der Waals surface area contributed by atoms with Crippen LogP contribution in [-0.2, 0) is 6.42 Å². The van der Waals surface area contributed by atoms with Crippen molar-refractivity contribution in [1.82, 2.24) is 9.38 Å². The molecule has 36 heavy (non-hydrogen) atoms. The molecule has 0 fully saturated rings. The van der Waals surface area contributed by atoms with Gasteiger partial charge in [0.2, 0.25) is 0 Å². The lowest BCUT2D eigenvalue weighted by Crippen LogP contribution is -2.14. The Hall–Kier alpha value is -4.00. The molecule has 0 bridgehead atoms. The molecule has 3 aromatic rings. The van der Waals surface area contributed by atoms with Gasteiger partial charge >= 0.3 is 6.18 Å². The molecule has 0 aliphatic rings. The lowest BCUT2D eigenvalue weighted by molar-refractivity contribution is -0.127. The van der Waals surface area contributed by atoms with Gasteiger partial charge in [-0.2, -0.15) is 13.2 Å². The zero-order valence-corrected chi connectivity index (χ0v) is 20.9. The standard InChI is InChI=1S/C22H18F4N4O2.2C2H6/c1-3-14-7-13(12-30-15(10-22(24,25)26)11-29-21(14)30)5-4-6-28-18-9-17(23)16(20(27)31)8-19(18)32-2;2*1-2/h3,7-9,11-12,28H,1,6,10H2,2H3,(H2,27,31);2*1-2H3. The van der Waals surface area contributed by atoms with Crippen molar-refractivity contribution in [2.45, 2.75) is 40.3 Å². The number of halogens is 4. The van der Waals surface area contributed by atoms with E-state index in [1.54, 1.807) is 6.07 Å². The number of fused-ring (bicyclic) bond motifs is 1. The number of carbonyl (C=O) groups is 1. The van der Waals surface area contributed by atoms with Crippen LogP contribution in [-0.4, -0.2) is 35.1 Å². The molecule has 0 radical (unpaired) electrons. The molecule has 0 spiro atoms. The van der Waals surface area contributed by atoms with Crippen molar-refractivity contribution in [2.24, 2.45) is 5.73 Å². The van der Waals surface area contributed by atoms with Gasteiger partial charge in [0.1, 0.15) is 17.2 Å². The molecule has 0 aliphatic carbocycles. The first kappa shape index (κ1) is 30.0. The summed E-state index contributed by atoms with van der Waals surface area (Å²) in [5.41, 5.74) is 6.37. The van der Waals surface area contributed by atoms with Crippen molar-refractivity contribution in [1.29, 1.82) is 0 Å². The van der Waals surface area contributed by atoms with E-state index >= 15 is 0 Å². The molecule has 2 aromatic heterocycles. The number of nitrogens with zero attached hydrogens (tertiary/aromatic N) is 2. The molecule has 0 atom stereocenters. The van der Waals surface area contributed by atoms with Crippen LogP contribution in [0.1, 0.15) is 54.9 Å². The van der Waals surface area contributed by atoms with E-state index in [-0.39, 0.29) is 29.2 Å². The molecule has 10 heteroatoms. The van der Waals surface area contributed by atoms with Crippen LogP contribution in [0.25, 0.3) is 11.7 Å². The Morgan fingerprint density at radius 1 is 1.25 bits per heavy atom. The molecule has 194 valence electrons. The predicted octanol–water partition coefficient (Wildman–Crippen LogP) is 5.84. The molecule has 0 saturated carbocycles. The van der Waals surface area contributed by atoms with Gasteiger partial charge in [-0.15, -0.1) is 0 Å². The Bertz CT molecular complexity index is 1250. The van der Waals surface area contributed by atoms with Gasteiger partial charge in [-0.25, -0.2) is 9.37 Å². The highest BCUT2D eigenvalue weighted by molar-refractivity contribution is 5.94. The summed E-state index contributed by atoms with van der Waals surface area (Å²) in [4.78, 5) is 15.3. The third kappa shape index (κ3) is 7.77. The predicted molar refractivity (Wildman–Crippen MR) is 135 cm³/mol. The number of imidazole rings is 1. The number of alkyl halides is 3. The fourth-order valence-electron chi connectivity index (χ4n) is 3.05. The second-order valence-corrected chi connectivity index (χ2v) is 6.68. The van der Waals surface area contributed by atoms with E-state index in [0.717, 1.165) is 6.07 Å². The van der Waals surface area contributed by atoms with E-state index in [1.807, 2.05) is 27.7 Å². The second kappa shape index (κ2) is 13.8. The summed E-state index contributed by atoms with van der Waals surface area (Å²) in [6.07, 6.45) is -1.39. The number of nitrogens with one attached hydrogen (secondary N) is 1. The fraction of sp³-hybridized carbons (Fsp3) is 0.308. The topological polar surface area (TPSA) is 81.6 Å². The number of rotatable bonds is 6. The van der Waals surface area contributed by atoms with E-state index in [0.29, 0.717) is 16.8 Å². The number of primary amides is 1. The van der Waals surface area contributed by atoms with Crippen molar-refractivity contribution in [3.05, 3.63) is 65.4 Å². The Balaban J connectivity index is 0.00000154. The molecule has 2 heterocycles. The van der Waals surface area contributed by atoms with Crippen molar-refractivity contribution in [3.8, 4) is 17.6 Å². The third-order valence-electron chi connectivity index (χ3n) is 4.47. The van der Waals surface area contributed by atoms with Crippen LogP contribution in [0.4, 0.5) is 23.2 Å². The molecular formula is C26H30F4N4O2. The quantitative estimate of drug-likeness (QED) is 0.325. The molecule has 0 unspecified atom stereocenters. The van der Waals surface area contributed by atoms with Gasteiger partial charge in [0, 0.05) is 29.6 Å². The zero-order valence-electron chi connectivity index (χ0n) is 20.9. The average molecular weight is 507 g/mol. The zero-order chi connectivity index (χ0) is 27.5. The number of hydrogen-bond donors (Lipinski definition) is 2. The van der Waals surface area contributed by atoms with Crippen LogP contribution in [0.3, 0.4) is 0 Å². The lowest BCUT2D eigenvalue weighted by Gasteiger charge is -2.11. The highest BCUT2D eigenvalue weighted by atomic mass is 19.4. The maximum absolute atomic E-state index is 14.0. The maximum atomic E-state index is 14.0. The number of amides is 1. The van der Waals surface area contributed by atoms with Gasteiger partial charge in [-0.1, -0.05) is 52.2 Å². The second-order valence-electron chi connectivity index (χ2n) is 6.68. The van der Waals surface area contributed by atoms with Gasteiger partial charge in [-0.05, 0) is 12.1 Å². The first-order valence-corrected chi connectivity index (χ1v) is 11.2. The van der Waals surface area contributed by atoms with Crippen LogP contribution in [0, 0.1) is 17.7 Å². The molecule has 0 aliphatic heterocycles. The molecule has 1 aromatic carbocycles. The van der Waals surface area contributed by atoms with Crippen LogP contribution < -0.4 is 15.8 Å². The number of methoxy groups -OCH3 is 1. The smallest absolute Gasteiger partial charge is 0.394 e. The summed E-state index contributed by atoms with van der Waals surface area (Å²) in [6.45, 7) is 11.7. The van der Waals surface area contributed by atoms with Crippen molar-refractivity contribution in [2.75, 3.05) is 19.0 Å². The molecule has 0 saturated heterocycles. The van der Waals surface area contributed by atoms with Crippen molar-refractivity contribution < 1.29 is 27.1 Å². The van der Waals surface area contributed by atoms with Crippen LogP contribution >= 0.6 is 0 Å². The molecule has 6 nitrogen and oxygen atoms in total. The first-order valence-electron chi connectivity index (χ1n) is 11.2. The summed E-state index contributed by atoms with van der Waals surface area (Å²) in [7, 11) is 1.35. The minimum absolute atomic E-state index is 0.0212. The van der Waals surface area contributed by atoms with E-state index in [2.05, 4.69) is 28.7 Å². The monoisotopic (exact) mass is 506 g/mol. The maximum Gasteiger partial charge on any atom is 0.394 e. The van der Waals surface area contributed by atoms with Crippen LogP contribution in [0.2, 0.25) is 0 Å². The number of pyridine rings is 1. The number of ether oxygens (including phenoxy) is 1.